The molecule has 0 radical (unpaired) electrons. The lowest BCUT2D eigenvalue weighted by Crippen LogP contribution is -2.37. The summed E-state index contributed by atoms with van der Waals surface area (Å²) in [5.74, 6) is 0.612. The van der Waals surface area contributed by atoms with Crippen LogP contribution in [0.5, 0.6) is 17.2 Å². The Morgan fingerprint density at radius 2 is 1.74 bits per heavy atom. The van der Waals surface area contributed by atoms with Gasteiger partial charge in [0.25, 0.3) is 0 Å². The number of nitrogens with one attached hydrogen (secondary N) is 1. The summed E-state index contributed by atoms with van der Waals surface area (Å²) >= 11 is 6.16. The van der Waals surface area contributed by atoms with Gasteiger partial charge in [-0.2, -0.15) is 0 Å². The van der Waals surface area contributed by atoms with Gasteiger partial charge in [0.1, 0.15) is 17.5 Å². The first kappa shape index (κ1) is 23.4. The van der Waals surface area contributed by atoms with Gasteiger partial charge in [0.05, 0.1) is 14.2 Å². The highest BCUT2D eigenvalue weighted by molar-refractivity contribution is 6.31. The summed E-state index contributed by atoms with van der Waals surface area (Å²) in [6.45, 7) is 2.14. The molecule has 0 saturated carbocycles. The highest BCUT2D eigenvalue weighted by Gasteiger charge is 2.29. The van der Waals surface area contributed by atoms with Crippen molar-refractivity contribution in [3.05, 3.63) is 88.8 Å². The van der Waals surface area contributed by atoms with Crippen LogP contribution in [0.15, 0.2) is 66.7 Å². The van der Waals surface area contributed by atoms with Crippen LogP contribution in [0.2, 0.25) is 5.02 Å². The number of hydrogen-bond donors (Lipinski definition) is 1. The van der Waals surface area contributed by atoms with Crippen molar-refractivity contribution < 1.29 is 23.4 Å². The number of fused-ring (bicyclic) bond motifs is 1. The highest BCUT2D eigenvalue weighted by Crippen LogP contribution is 2.34. The molecule has 1 amide bonds. The van der Waals surface area contributed by atoms with E-state index in [4.69, 9.17) is 25.8 Å². The largest absolute Gasteiger partial charge is 0.497 e. The molecule has 0 aliphatic rings. The predicted molar refractivity (Wildman–Crippen MR) is 130 cm³/mol. The summed E-state index contributed by atoms with van der Waals surface area (Å²) in [4.78, 5) is 18.1. The van der Waals surface area contributed by atoms with Crippen molar-refractivity contribution in [3.63, 3.8) is 0 Å². The van der Waals surface area contributed by atoms with Gasteiger partial charge in [0, 0.05) is 28.2 Å². The molecule has 1 N–H and O–H groups in total. The molecule has 176 valence electrons. The van der Waals surface area contributed by atoms with Crippen molar-refractivity contribution in [3.8, 4) is 17.2 Å². The lowest BCUT2D eigenvalue weighted by Gasteiger charge is -2.30. The molecule has 6 nitrogen and oxygen atoms in total. The van der Waals surface area contributed by atoms with Crippen LogP contribution in [0.25, 0.3) is 10.9 Å². The summed E-state index contributed by atoms with van der Waals surface area (Å²) in [5, 5.41) is 1.47. The zero-order valence-corrected chi connectivity index (χ0v) is 19.7. The lowest BCUT2D eigenvalue weighted by molar-refractivity contribution is 0.141. The van der Waals surface area contributed by atoms with Gasteiger partial charge in [-0.3, -0.25) is 4.90 Å². The number of rotatable bonds is 7. The van der Waals surface area contributed by atoms with Gasteiger partial charge in [-0.1, -0.05) is 17.7 Å². The van der Waals surface area contributed by atoms with Gasteiger partial charge in [-0.15, -0.1) is 0 Å². The van der Waals surface area contributed by atoms with Crippen LogP contribution in [0.4, 0.5) is 9.18 Å². The molecule has 1 unspecified atom stereocenters. The average molecular weight is 483 g/mol. The smallest absolute Gasteiger partial charge is 0.416 e. The first-order chi connectivity index (χ1) is 16.4. The van der Waals surface area contributed by atoms with E-state index in [0.717, 1.165) is 10.9 Å². The van der Waals surface area contributed by atoms with Crippen LogP contribution in [0.1, 0.15) is 24.2 Å². The summed E-state index contributed by atoms with van der Waals surface area (Å²) in [6, 6.07) is 18.1. The van der Waals surface area contributed by atoms with E-state index >= 15 is 0 Å². The van der Waals surface area contributed by atoms with Gasteiger partial charge in [-0.05, 0) is 73.2 Å². The number of H-pyrrole nitrogens is 1. The molecular formula is C26H24ClFN2O4. The molecule has 1 atom stereocenters. The van der Waals surface area contributed by atoms with Crippen LogP contribution in [0.3, 0.4) is 0 Å². The number of methoxy groups -OCH3 is 2. The minimum Gasteiger partial charge on any atom is -0.497 e. The Kier molecular flexibility index (Phi) is 6.93. The summed E-state index contributed by atoms with van der Waals surface area (Å²) in [5.41, 5.74) is 2.10. The van der Waals surface area contributed by atoms with Gasteiger partial charge < -0.3 is 19.2 Å². The summed E-state index contributed by atoms with van der Waals surface area (Å²) in [7, 11) is 2.97. The third-order valence-electron chi connectivity index (χ3n) is 5.54. The minimum atomic E-state index is -0.651. The Hall–Kier alpha value is -3.71. The van der Waals surface area contributed by atoms with Crippen molar-refractivity contribution in [1.29, 1.82) is 0 Å². The second-order valence-corrected chi connectivity index (χ2v) is 8.02. The lowest BCUT2D eigenvalue weighted by atomic mass is 10.0. The van der Waals surface area contributed by atoms with E-state index in [2.05, 4.69) is 4.98 Å². The van der Waals surface area contributed by atoms with Crippen LogP contribution < -0.4 is 14.2 Å². The maximum atomic E-state index is 14.7. The molecule has 1 aromatic heterocycles. The maximum Gasteiger partial charge on any atom is 0.416 e. The number of benzene rings is 3. The third kappa shape index (κ3) is 4.79. The molecule has 34 heavy (non-hydrogen) atoms. The molecule has 8 heteroatoms. The number of aromatic nitrogens is 1. The van der Waals surface area contributed by atoms with Crippen molar-refractivity contribution >= 4 is 28.6 Å². The summed E-state index contributed by atoms with van der Waals surface area (Å²) < 4.78 is 30.5. The monoisotopic (exact) mass is 482 g/mol. The number of carbonyl (C=O) groups is 1. The second-order valence-electron chi connectivity index (χ2n) is 7.58. The molecule has 0 aliphatic carbocycles. The Morgan fingerprint density at radius 1 is 1.00 bits per heavy atom. The van der Waals surface area contributed by atoms with Gasteiger partial charge in [-0.25, -0.2) is 9.18 Å². The number of halogens is 2. The molecule has 0 saturated heterocycles. The fraction of sp³-hybridized carbons (Fsp3) is 0.192. The number of hydrogen-bond acceptors (Lipinski definition) is 4. The molecule has 3 aromatic carbocycles. The Labute approximate surface area is 201 Å². The standard InChI is InChI=1S/C26H24ClFN2O4/c1-4-30(26(31)34-20-9-7-19(32-2)8-10-20)25(16-5-12-24(33-3)21(28)14-16)23-15-17-13-18(27)6-11-22(17)29-23/h5-15,25,29H,4H2,1-3H3. The Bertz CT molecular complexity index is 1310. The number of nitrogens with zero attached hydrogens (tertiary/aromatic N) is 1. The van der Waals surface area contributed by atoms with Crippen LogP contribution in [0, 0.1) is 5.82 Å². The van der Waals surface area contributed by atoms with E-state index in [-0.39, 0.29) is 5.75 Å². The number of amides is 1. The van der Waals surface area contributed by atoms with Crippen molar-refractivity contribution in [2.75, 3.05) is 20.8 Å². The van der Waals surface area contributed by atoms with E-state index in [9.17, 15) is 9.18 Å². The molecular weight excluding hydrogens is 459 g/mol. The molecule has 0 aliphatic heterocycles. The third-order valence-corrected chi connectivity index (χ3v) is 5.78. The zero-order chi connectivity index (χ0) is 24.2. The summed E-state index contributed by atoms with van der Waals surface area (Å²) in [6.07, 6.45) is -0.578. The number of carbonyl (C=O) groups excluding carboxylic acids is 1. The fourth-order valence-corrected chi connectivity index (χ4v) is 4.05. The van der Waals surface area contributed by atoms with Crippen LogP contribution in [-0.4, -0.2) is 36.7 Å². The van der Waals surface area contributed by atoms with E-state index in [1.54, 1.807) is 49.6 Å². The highest BCUT2D eigenvalue weighted by atomic mass is 35.5. The van der Waals surface area contributed by atoms with E-state index in [1.807, 2.05) is 25.1 Å². The fourth-order valence-electron chi connectivity index (χ4n) is 3.87. The quantitative estimate of drug-likeness (QED) is 0.323. The zero-order valence-electron chi connectivity index (χ0n) is 19.0. The maximum absolute atomic E-state index is 14.7. The first-order valence-electron chi connectivity index (χ1n) is 10.7. The van der Waals surface area contributed by atoms with E-state index in [0.29, 0.717) is 34.3 Å². The molecule has 4 aromatic rings. The SMILES string of the molecule is CCN(C(=O)Oc1ccc(OC)cc1)C(c1ccc(OC)c(F)c1)c1cc2cc(Cl)ccc2[nH]1. The predicted octanol–water partition coefficient (Wildman–Crippen LogP) is 6.59. The van der Waals surface area contributed by atoms with Gasteiger partial charge in [0.15, 0.2) is 11.6 Å². The number of ether oxygens (including phenoxy) is 3. The minimum absolute atomic E-state index is 0.120. The van der Waals surface area contributed by atoms with Gasteiger partial charge >= 0.3 is 6.09 Å². The Balaban J connectivity index is 1.75. The molecule has 1 heterocycles. The van der Waals surface area contributed by atoms with Crippen molar-refractivity contribution in [2.24, 2.45) is 0 Å². The molecule has 0 spiro atoms. The van der Waals surface area contributed by atoms with Crippen molar-refractivity contribution in [1.82, 2.24) is 9.88 Å². The number of aromatic amines is 1. The Morgan fingerprint density at radius 3 is 2.38 bits per heavy atom. The van der Waals surface area contributed by atoms with Gasteiger partial charge in [0.2, 0.25) is 0 Å². The molecule has 0 fully saturated rings. The average Bonchev–Trinajstić information content (AvgIpc) is 3.25. The topological polar surface area (TPSA) is 63.8 Å². The van der Waals surface area contributed by atoms with Crippen LogP contribution in [-0.2, 0) is 0 Å². The van der Waals surface area contributed by atoms with E-state index < -0.39 is 18.0 Å². The van der Waals surface area contributed by atoms with E-state index in [1.165, 1.54) is 18.1 Å². The second kappa shape index (κ2) is 10.1. The molecule has 4 rings (SSSR count). The first-order valence-corrected chi connectivity index (χ1v) is 11.1. The van der Waals surface area contributed by atoms with Crippen molar-refractivity contribution in [2.45, 2.75) is 13.0 Å². The van der Waals surface area contributed by atoms with Crippen LogP contribution >= 0.6 is 11.6 Å². The molecule has 0 bridgehead atoms. The normalized spacial score (nSPS) is 11.8.